The lowest BCUT2D eigenvalue weighted by Crippen LogP contribution is -2.43. The van der Waals surface area contributed by atoms with Gasteiger partial charge in [0, 0.05) is 24.7 Å². The molecule has 0 bridgehead atoms. The van der Waals surface area contributed by atoms with E-state index in [0.717, 1.165) is 33.5 Å². The van der Waals surface area contributed by atoms with Gasteiger partial charge in [-0.05, 0) is 73.2 Å². The van der Waals surface area contributed by atoms with Crippen molar-refractivity contribution in [2.24, 2.45) is 5.73 Å². The van der Waals surface area contributed by atoms with Crippen molar-refractivity contribution in [3.05, 3.63) is 52.6 Å². The largest absolute Gasteiger partial charge is 0.478 e. The van der Waals surface area contributed by atoms with Gasteiger partial charge in [-0.15, -0.1) is 0 Å². The molecule has 1 aliphatic rings. The van der Waals surface area contributed by atoms with Gasteiger partial charge >= 0.3 is 5.97 Å². The second-order valence-electron chi connectivity index (χ2n) is 7.07. The molecule has 1 heterocycles. The summed E-state index contributed by atoms with van der Waals surface area (Å²) in [4.78, 5) is 25.2. The minimum atomic E-state index is -0.921. The van der Waals surface area contributed by atoms with Crippen LogP contribution in [0.25, 0.3) is 11.1 Å². The molecule has 2 aromatic carbocycles. The van der Waals surface area contributed by atoms with Crippen molar-refractivity contribution in [3.63, 3.8) is 0 Å². The van der Waals surface area contributed by atoms with E-state index in [1.165, 1.54) is 0 Å². The number of carbonyl (C=O) groups is 2. The first kappa shape index (κ1) is 18.1. The Hall–Kier alpha value is -2.66. The highest BCUT2D eigenvalue weighted by molar-refractivity contribution is 5.94. The summed E-state index contributed by atoms with van der Waals surface area (Å²) in [5, 5.41) is 9.30. The molecule has 3 N–H and O–H groups in total. The fraction of sp³-hybridized carbons (Fsp3) is 0.333. The predicted octanol–water partition coefficient (Wildman–Crippen LogP) is 3.81. The van der Waals surface area contributed by atoms with Crippen LogP contribution < -0.4 is 10.6 Å². The molecule has 0 unspecified atom stereocenters. The highest BCUT2D eigenvalue weighted by Gasteiger charge is 2.30. The molecule has 5 heteroatoms. The summed E-state index contributed by atoms with van der Waals surface area (Å²) in [6.45, 7) is 7.34. The molecule has 0 fully saturated rings. The third-order valence-corrected chi connectivity index (χ3v) is 5.39. The fourth-order valence-electron chi connectivity index (χ4n) is 3.92. The van der Waals surface area contributed by atoms with E-state index in [1.807, 2.05) is 45.0 Å². The van der Waals surface area contributed by atoms with E-state index < -0.39 is 5.97 Å². The molecule has 2 aromatic rings. The van der Waals surface area contributed by atoms with Gasteiger partial charge in [0.25, 0.3) is 0 Å². The van der Waals surface area contributed by atoms with Crippen molar-refractivity contribution in [2.75, 3.05) is 4.90 Å². The minimum absolute atomic E-state index is 0.0104. The van der Waals surface area contributed by atoms with Gasteiger partial charge in [0.15, 0.2) is 0 Å². The number of benzene rings is 2. The molecule has 5 nitrogen and oxygen atoms in total. The zero-order valence-electron chi connectivity index (χ0n) is 15.5. The molecule has 0 saturated carbocycles. The maximum atomic E-state index is 12.1. The zero-order valence-corrected chi connectivity index (χ0v) is 15.5. The topological polar surface area (TPSA) is 83.6 Å². The number of carbonyl (C=O) groups excluding carboxylic acids is 1. The van der Waals surface area contributed by atoms with E-state index in [9.17, 15) is 14.7 Å². The molecule has 3 rings (SSSR count). The van der Waals surface area contributed by atoms with E-state index in [-0.39, 0.29) is 18.0 Å². The Balaban J connectivity index is 2.13. The van der Waals surface area contributed by atoms with E-state index in [2.05, 4.69) is 0 Å². The number of carboxylic acid groups (broad SMARTS) is 1. The lowest BCUT2D eigenvalue weighted by atomic mass is 9.87. The zero-order chi connectivity index (χ0) is 19.2. The van der Waals surface area contributed by atoms with Gasteiger partial charge in [0.05, 0.1) is 5.56 Å². The van der Waals surface area contributed by atoms with Crippen molar-refractivity contribution in [3.8, 4) is 11.1 Å². The molecular weight excluding hydrogens is 328 g/mol. The van der Waals surface area contributed by atoms with Gasteiger partial charge in [0.1, 0.15) is 0 Å². The standard InChI is InChI=1S/C21H24N2O3/c1-11-9-19(22)18-10-15(5-8-20(18)23(11)14(4)24)16-6-7-17(21(25)26)13(3)12(16)2/h5-8,10-11,19H,9,22H2,1-4H3,(H,25,26)/t11-,19+/m0/s1. The summed E-state index contributed by atoms with van der Waals surface area (Å²) >= 11 is 0. The van der Waals surface area contributed by atoms with Crippen LogP contribution in [-0.4, -0.2) is 23.0 Å². The molecule has 1 amide bonds. The quantitative estimate of drug-likeness (QED) is 0.861. The van der Waals surface area contributed by atoms with Crippen LogP contribution in [0.4, 0.5) is 5.69 Å². The number of hydrogen-bond donors (Lipinski definition) is 2. The number of anilines is 1. The smallest absolute Gasteiger partial charge is 0.335 e. The first-order valence-corrected chi connectivity index (χ1v) is 8.75. The summed E-state index contributed by atoms with van der Waals surface area (Å²) in [6, 6.07) is 9.37. The molecule has 1 aliphatic heterocycles. The number of rotatable bonds is 2. The van der Waals surface area contributed by atoms with Crippen molar-refractivity contribution >= 4 is 17.6 Å². The van der Waals surface area contributed by atoms with Crippen molar-refractivity contribution in [1.82, 2.24) is 0 Å². The van der Waals surface area contributed by atoms with E-state index in [4.69, 9.17) is 5.73 Å². The average molecular weight is 352 g/mol. The average Bonchev–Trinajstić information content (AvgIpc) is 2.56. The van der Waals surface area contributed by atoms with Crippen LogP contribution in [0.2, 0.25) is 0 Å². The van der Waals surface area contributed by atoms with Crippen LogP contribution in [0.1, 0.15) is 53.4 Å². The lowest BCUT2D eigenvalue weighted by Gasteiger charge is -2.38. The fourth-order valence-corrected chi connectivity index (χ4v) is 3.92. The molecule has 0 spiro atoms. The van der Waals surface area contributed by atoms with Gasteiger partial charge < -0.3 is 15.7 Å². The Labute approximate surface area is 153 Å². The van der Waals surface area contributed by atoms with Crippen molar-refractivity contribution < 1.29 is 14.7 Å². The van der Waals surface area contributed by atoms with Crippen LogP contribution in [0.3, 0.4) is 0 Å². The molecule has 0 aliphatic carbocycles. The van der Waals surface area contributed by atoms with Crippen LogP contribution in [-0.2, 0) is 4.79 Å². The Morgan fingerprint density at radius 3 is 2.46 bits per heavy atom. The van der Waals surface area contributed by atoms with Gasteiger partial charge in [-0.2, -0.15) is 0 Å². The van der Waals surface area contributed by atoms with Crippen molar-refractivity contribution in [1.29, 1.82) is 0 Å². The number of nitrogens with two attached hydrogens (primary N) is 1. The normalized spacial score (nSPS) is 19.2. The van der Waals surface area contributed by atoms with Crippen LogP contribution >= 0.6 is 0 Å². The third-order valence-electron chi connectivity index (χ3n) is 5.39. The lowest BCUT2D eigenvalue weighted by molar-refractivity contribution is -0.117. The second-order valence-corrected chi connectivity index (χ2v) is 7.07. The second kappa shape index (κ2) is 6.57. The summed E-state index contributed by atoms with van der Waals surface area (Å²) in [7, 11) is 0. The third kappa shape index (κ3) is 2.88. The monoisotopic (exact) mass is 352 g/mol. The Morgan fingerprint density at radius 2 is 1.85 bits per heavy atom. The highest BCUT2D eigenvalue weighted by Crippen LogP contribution is 2.39. The van der Waals surface area contributed by atoms with Gasteiger partial charge in [-0.1, -0.05) is 12.1 Å². The minimum Gasteiger partial charge on any atom is -0.478 e. The Morgan fingerprint density at radius 1 is 1.15 bits per heavy atom. The van der Waals surface area contributed by atoms with E-state index >= 15 is 0 Å². The molecular formula is C21H24N2O3. The highest BCUT2D eigenvalue weighted by atomic mass is 16.4. The van der Waals surface area contributed by atoms with Crippen LogP contribution in [0, 0.1) is 13.8 Å². The maximum absolute atomic E-state index is 12.1. The molecule has 26 heavy (non-hydrogen) atoms. The van der Waals surface area contributed by atoms with Gasteiger partial charge in [-0.3, -0.25) is 4.79 Å². The van der Waals surface area contributed by atoms with E-state index in [1.54, 1.807) is 17.9 Å². The van der Waals surface area contributed by atoms with Crippen LogP contribution in [0.5, 0.6) is 0 Å². The molecule has 2 atom stereocenters. The number of aromatic carboxylic acids is 1. The molecule has 0 aromatic heterocycles. The number of hydrogen-bond acceptors (Lipinski definition) is 3. The molecule has 136 valence electrons. The number of nitrogens with zero attached hydrogens (tertiary/aromatic N) is 1. The summed E-state index contributed by atoms with van der Waals surface area (Å²) in [5.74, 6) is -0.910. The molecule has 0 saturated heterocycles. The summed E-state index contributed by atoms with van der Waals surface area (Å²) < 4.78 is 0. The first-order chi connectivity index (χ1) is 12.2. The van der Waals surface area contributed by atoms with Crippen molar-refractivity contribution in [2.45, 2.75) is 46.2 Å². The summed E-state index contributed by atoms with van der Waals surface area (Å²) in [6.07, 6.45) is 0.714. The van der Waals surface area contributed by atoms with Crippen LogP contribution in [0.15, 0.2) is 30.3 Å². The predicted molar refractivity (Wildman–Crippen MR) is 102 cm³/mol. The maximum Gasteiger partial charge on any atom is 0.335 e. The molecule has 0 radical (unpaired) electrons. The van der Waals surface area contributed by atoms with Gasteiger partial charge in [-0.25, -0.2) is 4.79 Å². The van der Waals surface area contributed by atoms with E-state index in [0.29, 0.717) is 12.0 Å². The number of fused-ring (bicyclic) bond motifs is 1. The Kier molecular flexibility index (Phi) is 4.59. The number of carboxylic acids is 1. The van der Waals surface area contributed by atoms with Gasteiger partial charge in [0.2, 0.25) is 5.91 Å². The summed E-state index contributed by atoms with van der Waals surface area (Å²) in [5.41, 5.74) is 12.2. The Bertz CT molecular complexity index is 904. The SMILES string of the molecule is CC(=O)N1c2ccc(-c3ccc(C(=O)O)c(C)c3C)cc2[C@H](N)C[C@@H]1C. The first-order valence-electron chi connectivity index (χ1n) is 8.75. The number of amides is 1.